The SMILES string of the molecule is C[NH+]1CCCC1[B-](F)(F)F. The van der Waals surface area contributed by atoms with Crippen LogP contribution in [0.3, 0.4) is 0 Å². The average molecular weight is 153 g/mol. The Labute approximate surface area is 58.3 Å². The van der Waals surface area contributed by atoms with Crippen molar-refractivity contribution in [2.75, 3.05) is 13.6 Å². The monoisotopic (exact) mass is 153 g/mol. The Morgan fingerprint density at radius 3 is 2.20 bits per heavy atom. The molecule has 1 N–H and O–H groups in total. The third-order valence-electron chi connectivity index (χ3n) is 2.18. The van der Waals surface area contributed by atoms with E-state index in [1.54, 1.807) is 7.05 Å². The van der Waals surface area contributed by atoms with E-state index in [0.717, 1.165) is 6.42 Å². The smallest absolute Gasteiger partial charge is 0.445 e. The topological polar surface area (TPSA) is 4.44 Å². The summed E-state index contributed by atoms with van der Waals surface area (Å²) in [5, 5.41) is 0. The van der Waals surface area contributed by atoms with E-state index in [0.29, 0.717) is 17.9 Å². The van der Waals surface area contributed by atoms with Crippen molar-refractivity contribution in [1.82, 2.24) is 0 Å². The highest BCUT2D eigenvalue weighted by Gasteiger charge is 2.43. The minimum atomic E-state index is -4.59. The zero-order chi connectivity index (χ0) is 7.78. The van der Waals surface area contributed by atoms with Crippen LogP contribution in [0.25, 0.3) is 0 Å². The fraction of sp³-hybridized carbons (Fsp3) is 1.00. The van der Waals surface area contributed by atoms with Crippen molar-refractivity contribution in [2.24, 2.45) is 0 Å². The highest BCUT2D eigenvalue weighted by atomic mass is 19.4. The summed E-state index contributed by atoms with van der Waals surface area (Å²) in [7, 11) is 1.62. The molecule has 1 heterocycles. The third-order valence-corrected chi connectivity index (χ3v) is 2.18. The van der Waals surface area contributed by atoms with Crippen LogP contribution in [0.4, 0.5) is 12.9 Å². The number of quaternary nitrogens is 1. The first-order chi connectivity index (χ1) is 4.52. The van der Waals surface area contributed by atoms with E-state index in [-0.39, 0.29) is 0 Å². The van der Waals surface area contributed by atoms with E-state index in [2.05, 4.69) is 0 Å². The molecular weight excluding hydrogens is 142 g/mol. The van der Waals surface area contributed by atoms with E-state index < -0.39 is 12.9 Å². The molecule has 1 rings (SSSR count). The predicted octanol–water partition coefficient (Wildman–Crippen LogP) is 0.0501. The second kappa shape index (κ2) is 2.45. The average Bonchev–Trinajstić information content (AvgIpc) is 2.11. The van der Waals surface area contributed by atoms with Crippen molar-refractivity contribution < 1.29 is 17.8 Å². The number of nitrogens with one attached hydrogen (secondary N) is 1. The van der Waals surface area contributed by atoms with E-state index >= 15 is 0 Å². The summed E-state index contributed by atoms with van der Waals surface area (Å²) >= 11 is 0. The maximum absolute atomic E-state index is 12.1. The molecule has 60 valence electrons. The molecule has 0 amide bonds. The number of hydrogen-bond donors (Lipinski definition) is 1. The van der Waals surface area contributed by atoms with Crippen LogP contribution in [-0.2, 0) is 0 Å². The highest BCUT2D eigenvalue weighted by molar-refractivity contribution is 6.59. The van der Waals surface area contributed by atoms with E-state index in [1.807, 2.05) is 0 Å². The molecule has 1 saturated heterocycles. The molecular formula is C5H11BF3N. The van der Waals surface area contributed by atoms with Gasteiger partial charge in [-0.2, -0.15) is 0 Å². The van der Waals surface area contributed by atoms with Gasteiger partial charge in [0.05, 0.1) is 19.5 Å². The Bertz CT molecular complexity index is 125. The van der Waals surface area contributed by atoms with Crippen LogP contribution in [0.5, 0.6) is 0 Å². The summed E-state index contributed by atoms with van der Waals surface area (Å²) in [6.45, 7) is -3.92. The van der Waals surface area contributed by atoms with Crippen LogP contribution in [0.15, 0.2) is 0 Å². The van der Waals surface area contributed by atoms with Gasteiger partial charge in [-0.3, -0.25) is 0 Å². The molecule has 0 aromatic rings. The van der Waals surface area contributed by atoms with Crippen molar-refractivity contribution in [2.45, 2.75) is 18.8 Å². The fourth-order valence-corrected chi connectivity index (χ4v) is 1.54. The molecule has 10 heavy (non-hydrogen) atoms. The van der Waals surface area contributed by atoms with Gasteiger partial charge in [0.25, 0.3) is 0 Å². The molecule has 0 radical (unpaired) electrons. The van der Waals surface area contributed by atoms with Gasteiger partial charge in [0, 0.05) is 0 Å². The normalized spacial score (nSPS) is 34.8. The fourth-order valence-electron chi connectivity index (χ4n) is 1.54. The van der Waals surface area contributed by atoms with Crippen molar-refractivity contribution in [1.29, 1.82) is 0 Å². The molecule has 1 fully saturated rings. The summed E-state index contributed by atoms with van der Waals surface area (Å²) in [6, 6.07) is 0. The molecule has 1 aliphatic heterocycles. The van der Waals surface area contributed by atoms with Gasteiger partial charge in [-0.25, -0.2) is 0 Å². The van der Waals surface area contributed by atoms with E-state index in [1.165, 1.54) is 0 Å². The van der Waals surface area contributed by atoms with Crippen LogP contribution in [-0.4, -0.2) is 26.5 Å². The Kier molecular flexibility index (Phi) is 1.94. The minimum Gasteiger partial charge on any atom is -0.445 e. The second-order valence-electron chi connectivity index (χ2n) is 2.97. The molecule has 2 unspecified atom stereocenters. The molecule has 0 aromatic heterocycles. The van der Waals surface area contributed by atoms with Crippen LogP contribution >= 0.6 is 0 Å². The first-order valence-electron chi connectivity index (χ1n) is 3.54. The van der Waals surface area contributed by atoms with Gasteiger partial charge in [-0.05, 0) is 12.8 Å². The van der Waals surface area contributed by atoms with Gasteiger partial charge >= 0.3 is 6.98 Å². The quantitative estimate of drug-likeness (QED) is 0.507. The number of rotatable bonds is 1. The van der Waals surface area contributed by atoms with Gasteiger partial charge in [0.15, 0.2) is 0 Å². The molecule has 1 nitrogen and oxygen atoms in total. The second-order valence-corrected chi connectivity index (χ2v) is 2.97. The molecule has 2 atom stereocenters. The Morgan fingerprint density at radius 1 is 1.40 bits per heavy atom. The number of halogens is 3. The molecule has 5 heteroatoms. The van der Waals surface area contributed by atoms with Crippen molar-refractivity contribution in [3.63, 3.8) is 0 Å². The standard InChI is InChI=1S/C5H10BF3N/c1-10-4-2-3-5(10)6(7,8)9/h5H,2-4H2,1H3/q-1/p+1. The predicted molar refractivity (Wildman–Crippen MR) is 33.9 cm³/mol. The zero-order valence-electron chi connectivity index (χ0n) is 5.91. The largest absolute Gasteiger partial charge is 0.534 e. The maximum atomic E-state index is 12.1. The van der Waals surface area contributed by atoms with E-state index in [4.69, 9.17) is 0 Å². The zero-order valence-corrected chi connectivity index (χ0v) is 5.91. The maximum Gasteiger partial charge on any atom is 0.534 e. The molecule has 0 spiro atoms. The first kappa shape index (κ1) is 7.92. The number of likely N-dealkylation sites (tertiary alicyclic amines) is 1. The van der Waals surface area contributed by atoms with Gasteiger partial charge in [0.2, 0.25) is 0 Å². The van der Waals surface area contributed by atoms with Crippen LogP contribution < -0.4 is 4.90 Å². The number of hydrogen-bond acceptors (Lipinski definition) is 0. The lowest BCUT2D eigenvalue weighted by Gasteiger charge is -2.25. The minimum absolute atomic E-state index is 0.329. The summed E-state index contributed by atoms with van der Waals surface area (Å²) in [6.07, 6.45) is 1.05. The molecule has 1 aliphatic rings. The molecule has 0 saturated carbocycles. The summed E-state index contributed by atoms with van der Waals surface area (Å²) < 4.78 is 36.2. The van der Waals surface area contributed by atoms with Crippen molar-refractivity contribution in [3.05, 3.63) is 0 Å². The van der Waals surface area contributed by atoms with Gasteiger partial charge in [0.1, 0.15) is 0 Å². The Hall–Kier alpha value is -0.185. The van der Waals surface area contributed by atoms with Crippen LogP contribution in [0.1, 0.15) is 12.8 Å². The Balaban J connectivity index is 2.55. The van der Waals surface area contributed by atoms with Gasteiger partial charge in [-0.15, -0.1) is 0 Å². The summed E-state index contributed by atoms with van der Waals surface area (Å²) in [5.41, 5.74) is 0. The lowest BCUT2D eigenvalue weighted by Crippen LogP contribution is -3.13. The third kappa shape index (κ3) is 1.45. The molecule has 0 bridgehead atoms. The summed E-state index contributed by atoms with van der Waals surface area (Å²) in [5.74, 6) is -1.04. The highest BCUT2D eigenvalue weighted by Crippen LogP contribution is 2.17. The van der Waals surface area contributed by atoms with Crippen LogP contribution in [0, 0.1) is 0 Å². The van der Waals surface area contributed by atoms with Crippen molar-refractivity contribution >= 4 is 6.98 Å². The van der Waals surface area contributed by atoms with Gasteiger partial charge in [-0.1, -0.05) is 0 Å². The lowest BCUT2D eigenvalue weighted by atomic mass is 9.78. The molecule has 0 aromatic carbocycles. The van der Waals surface area contributed by atoms with Crippen molar-refractivity contribution in [3.8, 4) is 0 Å². The van der Waals surface area contributed by atoms with E-state index in [9.17, 15) is 12.9 Å². The Morgan fingerprint density at radius 2 is 2.00 bits per heavy atom. The van der Waals surface area contributed by atoms with Crippen LogP contribution in [0.2, 0.25) is 0 Å². The lowest BCUT2D eigenvalue weighted by molar-refractivity contribution is -0.882. The molecule has 0 aliphatic carbocycles. The van der Waals surface area contributed by atoms with Gasteiger partial charge < -0.3 is 17.8 Å². The first-order valence-corrected chi connectivity index (χ1v) is 3.54. The summed E-state index contributed by atoms with van der Waals surface area (Å²) in [4.78, 5) is 0.632.